The topological polar surface area (TPSA) is 33.2 Å². The van der Waals surface area contributed by atoms with E-state index >= 15 is 0 Å². The number of pyridine rings is 1. The van der Waals surface area contributed by atoms with E-state index in [-0.39, 0.29) is 5.91 Å². The smallest absolute Gasteiger partial charge is 0.247 e. The van der Waals surface area contributed by atoms with Crippen LogP contribution in [0, 0.1) is 0 Å². The van der Waals surface area contributed by atoms with Gasteiger partial charge in [0.1, 0.15) is 0 Å². The summed E-state index contributed by atoms with van der Waals surface area (Å²) in [5.41, 5.74) is 1.84. The van der Waals surface area contributed by atoms with Gasteiger partial charge in [0.15, 0.2) is 0 Å². The second-order valence-electron chi connectivity index (χ2n) is 5.34. The Labute approximate surface area is 145 Å². The fraction of sp³-hybridized carbons (Fsp3) is 0.100. The van der Waals surface area contributed by atoms with Crippen LogP contribution < -0.4 is 0 Å². The Morgan fingerprint density at radius 1 is 1.21 bits per heavy atom. The zero-order valence-electron chi connectivity index (χ0n) is 13.3. The fourth-order valence-corrected chi connectivity index (χ4v) is 3.23. The van der Waals surface area contributed by atoms with Crippen LogP contribution in [0.25, 0.3) is 17.0 Å². The van der Waals surface area contributed by atoms with Crippen LogP contribution in [-0.2, 0) is 11.3 Å². The molecule has 3 nitrogen and oxygen atoms in total. The Balaban J connectivity index is 1.80. The molecule has 120 valence electrons. The Morgan fingerprint density at radius 2 is 2.08 bits per heavy atom. The predicted octanol–water partition coefficient (Wildman–Crippen LogP) is 4.52. The minimum absolute atomic E-state index is 0.0313. The molecule has 3 aromatic rings. The van der Waals surface area contributed by atoms with Gasteiger partial charge in [0.05, 0.1) is 12.1 Å². The molecule has 0 saturated carbocycles. The second-order valence-corrected chi connectivity index (χ2v) is 6.37. The summed E-state index contributed by atoms with van der Waals surface area (Å²) in [5, 5.41) is 3.08. The van der Waals surface area contributed by atoms with Crippen molar-refractivity contribution in [3.63, 3.8) is 0 Å². The number of rotatable bonds is 6. The van der Waals surface area contributed by atoms with E-state index in [1.54, 1.807) is 34.6 Å². The lowest BCUT2D eigenvalue weighted by Gasteiger charge is -2.18. The number of fused-ring (bicyclic) bond motifs is 1. The highest BCUT2D eigenvalue weighted by Crippen LogP contribution is 2.18. The lowest BCUT2D eigenvalue weighted by molar-refractivity contribution is -0.126. The first-order valence-electron chi connectivity index (χ1n) is 7.72. The molecule has 0 fully saturated rings. The van der Waals surface area contributed by atoms with Crippen LogP contribution in [0.1, 0.15) is 10.4 Å². The standard InChI is InChI=1S/C20H18N2OS/c1-2-13-22(15-18-9-5-14-24-18)19(23)11-10-17-7-3-6-16-8-4-12-21-20(16)17/h2-12,14H,1,13,15H2/b11-10+. The number of hydrogen-bond donors (Lipinski definition) is 0. The number of carbonyl (C=O) groups is 1. The monoisotopic (exact) mass is 334 g/mol. The van der Waals surface area contributed by atoms with Crippen molar-refractivity contribution in [2.24, 2.45) is 0 Å². The summed E-state index contributed by atoms with van der Waals surface area (Å²) in [6.45, 7) is 4.87. The Bertz CT molecular complexity index is 863. The van der Waals surface area contributed by atoms with Crippen LogP contribution in [-0.4, -0.2) is 22.3 Å². The molecule has 3 rings (SSSR count). The second kappa shape index (κ2) is 7.70. The van der Waals surface area contributed by atoms with Gasteiger partial charge in [-0.1, -0.05) is 36.4 Å². The van der Waals surface area contributed by atoms with Crippen LogP contribution >= 0.6 is 11.3 Å². The summed E-state index contributed by atoms with van der Waals surface area (Å²) in [6, 6.07) is 13.9. The first-order chi connectivity index (χ1) is 11.8. The highest BCUT2D eigenvalue weighted by molar-refractivity contribution is 7.09. The third-order valence-corrected chi connectivity index (χ3v) is 4.52. The number of para-hydroxylation sites is 1. The Kier molecular flexibility index (Phi) is 5.18. The molecule has 2 heterocycles. The lowest BCUT2D eigenvalue weighted by atomic mass is 10.1. The van der Waals surface area contributed by atoms with E-state index in [2.05, 4.69) is 11.6 Å². The number of carbonyl (C=O) groups excluding carboxylic acids is 1. The maximum Gasteiger partial charge on any atom is 0.247 e. The molecule has 0 aliphatic heterocycles. The zero-order chi connectivity index (χ0) is 16.8. The molecule has 0 aliphatic rings. The highest BCUT2D eigenvalue weighted by Gasteiger charge is 2.10. The van der Waals surface area contributed by atoms with Gasteiger partial charge in [-0.05, 0) is 23.6 Å². The maximum atomic E-state index is 12.5. The van der Waals surface area contributed by atoms with Crippen molar-refractivity contribution >= 4 is 34.2 Å². The van der Waals surface area contributed by atoms with E-state index in [1.165, 1.54) is 0 Å². The van der Waals surface area contributed by atoms with E-state index in [0.29, 0.717) is 13.1 Å². The molecule has 0 aliphatic carbocycles. The number of amides is 1. The zero-order valence-corrected chi connectivity index (χ0v) is 14.1. The van der Waals surface area contributed by atoms with Crippen molar-refractivity contribution in [3.8, 4) is 0 Å². The first-order valence-corrected chi connectivity index (χ1v) is 8.60. The fourth-order valence-electron chi connectivity index (χ4n) is 2.51. The van der Waals surface area contributed by atoms with Crippen LogP contribution in [0.4, 0.5) is 0 Å². The van der Waals surface area contributed by atoms with Crippen LogP contribution in [0.15, 0.2) is 72.8 Å². The number of thiophene rings is 1. The molecule has 1 aromatic carbocycles. The minimum Gasteiger partial charge on any atom is -0.330 e. The average Bonchev–Trinajstić information content (AvgIpc) is 3.12. The normalized spacial score (nSPS) is 11.0. The van der Waals surface area contributed by atoms with Crippen LogP contribution in [0.5, 0.6) is 0 Å². The molecule has 0 radical (unpaired) electrons. The van der Waals surface area contributed by atoms with Crippen molar-refractivity contribution in [2.75, 3.05) is 6.54 Å². The van der Waals surface area contributed by atoms with Crippen molar-refractivity contribution in [1.82, 2.24) is 9.88 Å². The summed E-state index contributed by atoms with van der Waals surface area (Å²) in [4.78, 5) is 19.9. The van der Waals surface area contributed by atoms with Gasteiger partial charge in [-0.3, -0.25) is 9.78 Å². The molecule has 0 N–H and O–H groups in total. The Morgan fingerprint density at radius 3 is 2.88 bits per heavy atom. The van der Waals surface area contributed by atoms with E-state index < -0.39 is 0 Å². The summed E-state index contributed by atoms with van der Waals surface area (Å²) < 4.78 is 0. The maximum absolute atomic E-state index is 12.5. The van der Waals surface area contributed by atoms with Crippen molar-refractivity contribution < 1.29 is 4.79 Å². The van der Waals surface area contributed by atoms with E-state index in [4.69, 9.17) is 0 Å². The van der Waals surface area contributed by atoms with Gasteiger partial charge in [0.2, 0.25) is 5.91 Å². The summed E-state index contributed by atoms with van der Waals surface area (Å²) in [7, 11) is 0. The number of aromatic nitrogens is 1. The Hall–Kier alpha value is -2.72. The summed E-state index contributed by atoms with van der Waals surface area (Å²) in [6.07, 6.45) is 6.96. The minimum atomic E-state index is -0.0313. The third-order valence-electron chi connectivity index (χ3n) is 3.66. The average molecular weight is 334 g/mol. The van der Waals surface area contributed by atoms with E-state index in [1.807, 2.05) is 53.9 Å². The first kappa shape index (κ1) is 16.1. The molecule has 0 saturated heterocycles. The van der Waals surface area contributed by atoms with Gasteiger partial charge in [-0.2, -0.15) is 0 Å². The number of hydrogen-bond acceptors (Lipinski definition) is 3. The molecular weight excluding hydrogens is 316 g/mol. The number of benzene rings is 1. The van der Waals surface area contributed by atoms with Crippen LogP contribution in [0.3, 0.4) is 0 Å². The van der Waals surface area contributed by atoms with Gasteiger partial charge in [-0.25, -0.2) is 0 Å². The van der Waals surface area contributed by atoms with Gasteiger partial charge in [0.25, 0.3) is 0 Å². The molecule has 1 amide bonds. The van der Waals surface area contributed by atoms with E-state index in [0.717, 1.165) is 21.3 Å². The molecule has 24 heavy (non-hydrogen) atoms. The molecule has 0 unspecified atom stereocenters. The highest BCUT2D eigenvalue weighted by atomic mass is 32.1. The SMILES string of the molecule is C=CCN(Cc1cccs1)C(=O)/C=C/c1cccc2cccnc12. The molecular formula is C20H18N2OS. The van der Waals surface area contributed by atoms with Gasteiger partial charge in [-0.15, -0.1) is 17.9 Å². The molecule has 4 heteroatoms. The molecule has 0 atom stereocenters. The van der Waals surface area contributed by atoms with Crippen LogP contribution in [0.2, 0.25) is 0 Å². The van der Waals surface area contributed by atoms with Crippen molar-refractivity contribution in [1.29, 1.82) is 0 Å². The summed E-state index contributed by atoms with van der Waals surface area (Å²) in [5.74, 6) is -0.0313. The van der Waals surface area contributed by atoms with Crippen molar-refractivity contribution in [2.45, 2.75) is 6.54 Å². The van der Waals surface area contributed by atoms with Gasteiger partial charge < -0.3 is 4.90 Å². The van der Waals surface area contributed by atoms with Gasteiger partial charge >= 0.3 is 0 Å². The lowest BCUT2D eigenvalue weighted by Crippen LogP contribution is -2.28. The van der Waals surface area contributed by atoms with Crippen molar-refractivity contribution in [3.05, 3.63) is 83.2 Å². The number of nitrogens with zero attached hydrogens (tertiary/aromatic N) is 2. The largest absolute Gasteiger partial charge is 0.330 e. The van der Waals surface area contributed by atoms with Gasteiger partial charge in [0, 0.05) is 34.6 Å². The summed E-state index contributed by atoms with van der Waals surface area (Å²) >= 11 is 1.65. The molecule has 0 spiro atoms. The predicted molar refractivity (Wildman–Crippen MR) is 101 cm³/mol. The third kappa shape index (κ3) is 3.78. The molecule has 0 bridgehead atoms. The quantitative estimate of drug-likeness (QED) is 0.490. The molecule has 2 aromatic heterocycles. The van der Waals surface area contributed by atoms with E-state index in [9.17, 15) is 4.79 Å².